The molecule has 0 aliphatic carbocycles. The van der Waals surface area contributed by atoms with E-state index in [4.69, 9.17) is 4.74 Å². The number of aryl methyl sites for hydroxylation is 1. The summed E-state index contributed by atoms with van der Waals surface area (Å²) in [6, 6.07) is 25.0. The van der Waals surface area contributed by atoms with E-state index in [2.05, 4.69) is 5.32 Å². The number of amides is 1. The molecule has 1 aliphatic rings. The lowest BCUT2D eigenvalue weighted by Gasteiger charge is -2.36. The molecule has 1 aliphatic heterocycles. The van der Waals surface area contributed by atoms with Crippen molar-refractivity contribution in [3.8, 4) is 17.2 Å². The number of rotatable bonds is 7. The summed E-state index contributed by atoms with van der Waals surface area (Å²) in [6.07, 6.45) is 1.85. The van der Waals surface area contributed by atoms with Crippen LogP contribution in [0.4, 0.5) is 0 Å². The highest BCUT2D eigenvalue weighted by Gasteiger charge is 2.26. The number of hydrogen-bond acceptors (Lipinski definition) is 4. The molecule has 4 rings (SSSR count). The highest BCUT2D eigenvalue weighted by Crippen LogP contribution is 2.26. The monoisotopic (exact) mass is 416 g/mol. The molecule has 2 N–H and O–H groups in total. The number of hydrogen-bond donors (Lipinski definition) is 2. The topological polar surface area (TPSA) is 61.8 Å². The van der Waals surface area contributed by atoms with Crippen LogP contribution in [0.2, 0.25) is 0 Å². The predicted molar refractivity (Wildman–Crippen MR) is 121 cm³/mol. The summed E-state index contributed by atoms with van der Waals surface area (Å²) in [4.78, 5) is 15.1. The van der Waals surface area contributed by atoms with E-state index in [0.29, 0.717) is 19.4 Å². The van der Waals surface area contributed by atoms with E-state index in [9.17, 15) is 9.90 Å². The van der Waals surface area contributed by atoms with Gasteiger partial charge in [-0.2, -0.15) is 0 Å². The Bertz CT molecular complexity index is 989. The molecule has 5 heteroatoms. The first-order chi connectivity index (χ1) is 15.2. The van der Waals surface area contributed by atoms with Gasteiger partial charge in [-0.25, -0.2) is 0 Å². The highest BCUT2D eigenvalue weighted by molar-refractivity contribution is 5.77. The highest BCUT2D eigenvalue weighted by atomic mass is 16.5. The van der Waals surface area contributed by atoms with Crippen LogP contribution in [0.15, 0.2) is 78.9 Å². The Kier molecular flexibility index (Phi) is 6.85. The SMILES string of the molecule is O=C(CCc1ccccc1Oc1ccccc1)N1CCNC[C@H]1Cc1ccc(O)cc1. The second-order valence-corrected chi connectivity index (χ2v) is 7.84. The van der Waals surface area contributed by atoms with Gasteiger partial charge in [0.2, 0.25) is 5.91 Å². The fraction of sp³-hybridized carbons (Fsp3) is 0.269. The van der Waals surface area contributed by atoms with Crippen LogP contribution in [0, 0.1) is 0 Å². The second kappa shape index (κ2) is 10.1. The Hall–Kier alpha value is -3.31. The van der Waals surface area contributed by atoms with Crippen molar-refractivity contribution in [2.75, 3.05) is 19.6 Å². The first kappa shape index (κ1) is 20.9. The molecule has 160 valence electrons. The summed E-state index contributed by atoms with van der Waals surface area (Å²) in [5, 5.41) is 12.9. The molecule has 3 aromatic rings. The third-order valence-corrected chi connectivity index (χ3v) is 5.63. The first-order valence-corrected chi connectivity index (χ1v) is 10.8. The van der Waals surface area contributed by atoms with Crippen molar-refractivity contribution in [3.63, 3.8) is 0 Å². The van der Waals surface area contributed by atoms with Gasteiger partial charge in [-0.15, -0.1) is 0 Å². The van der Waals surface area contributed by atoms with Gasteiger partial charge in [0.05, 0.1) is 0 Å². The number of para-hydroxylation sites is 2. The van der Waals surface area contributed by atoms with E-state index in [0.717, 1.165) is 42.1 Å². The van der Waals surface area contributed by atoms with E-state index >= 15 is 0 Å². The lowest BCUT2D eigenvalue weighted by molar-refractivity contribution is -0.134. The van der Waals surface area contributed by atoms with Gasteiger partial charge in [0.25, 0.3) is 0 Å². The summed E-state index contributed by atoms with van der Waals surface area (Å²) >= 11 is 0. The number of carbonyl (C=O) groups is 1. The minimum absolute atomic E-state index is 0.113. The zero-order valence-corrected chi connectivity index (χ0v) is 17.5. The maximum Gasteiger partial charge on any atom is 0.223 e. The van der Waals surface area contributed by atoms with Gasteiger partial charge in [0, 0.05) is 32.1 Å². The van der Waals surface area contributed by atoms with Crippen molar-refractivity contribution in [2.45, 2.75) is 25.3 Å². The number of aromatic hydroxyl groups is 1. The fourth-order valence-corrected chi connectivity index (χ4v) is 3.99. The van der Waals surface area contributed by atoms with Crippen LogP contribution in [-0.2, 0) is 17.6 Å². The minimum atomic E-state index is 0.113. The van der Waals surface area contributed by atoms with Gasteiger partial charge in [-0.1, -0.05) is 48.5 Å². The van der Waals surface area contributed by atoms with Crippen LogP contribution in [0.25, 0.3) is 0 Å². The molecule has 0 saturated carbocycles. The average Bonchev–Trinajstić information content (AvgIpc) is 2.81. The Morgan fingerprint density at radius 3 is 2.55 bits per heavy atom. The van der Waals surface area contributed by atoms with Crippen molar-refractivity contribution in [3.05, 3.63) is 90.0 Å². The third-order valence-electron chi connectivity index (χ3n) is 5.63. The molecule has 1 atom stereocenters. The van der Waals surface area contributed by atoms with Gasteiger partial charge in [-0.3, -0.25) is 4.79 Å². The number of piperazine rings is 1. The van der Waals surface area contributed by atoms with E-state index in [1.165, 1.54) is 0 Å². The molecule has 1 amide bonds. The Labute approximate surface area is 183 Å². The smallest absolute Gasteiger partial charge is 0.223 e. The minimum Gasteiger partial charge on any atom is -0.508 e. The van der Waals surface area contributed by atoms with Crippen LogP contribution in [0.5, 0.6) is 17.2 Å². The van der Waals surface area contributed by atoms with Gasteiger partial charge in [0.1, 0.15) is 17.2 Å². The van der Waals surface area contributed by atoms with Crippen molar-refractivity contribution < 1.29 is 14.6 Å². The van der Waals surface area contributed by atoms with Crippen LogP contribution in [0.3, 0.4) is 0 Å². The van der Waals surface area contributed by atoms with Crippen LogP contribution in [0.1, 0.15) is 17.5 Å². The Morgan fingerprint density at radius 2 is 1.74 bits per heavy atom. The Morgan fingerprint density at radius 1 is 1.00 bits per heavy atom. The molecular formula is C26H28N2O3. The molecule has 0 spiro atoms. The first-order valence-electron chi connectivity index (χ1n) is 10.8. The van der Waals surface area contributed by atoms with E-state index < -0.39 is 0 Å². The molecule has 5 nitrogen and oxygen atoms in total. The number of nitrogens with one attached hydrogen (secondary N) is 1. The van der Waals surface area contributed by atoms with E-state index in [-0.39, 0.29) is 17.7 Å². The second-order valence-electron chi connectivity index (χ2n) is 7.84. The summed E-state index contributed by atoms with van der Waals surface area (Å²) in [5.41, 5.74) is 2.15. The van der Waals surface area contributed by atoms with Crippen LogP contribution >= 0.6 is 0 Å². The van der Waals surface area contributed by atoms with Gasteiger partial charge < -0.3 is 20.1 Å². The zero-order valence-electron chi connectivity index (χ0n) is 17.5. The van der Waals surface area contributed by atoms with Crippen molar-refractivity contribution >= 4 is 5.91 Å². The zero-order chi connectivity index (χ0) is 21.5. The molecule has 0 radical (unpaired) electrons. The maximum atomic E-state index is 13.1. The lowest BCUT2D eigenvalue weighted by atomic mass is 10.0. The quantitative estimate of drug-likeness (QED) is 0.607. The number of phenolic OH excluding ortho intramolecular Hbond substituents is 1. The number of ether oxygens (including phenoxy) is 1. The maximum absolute atomic E-state index is 13.1. The molecule has 1 heterocycles. The van der Waals surface area contributed by atoms with Crippen LogP contribution in [-0.4, -0.2) is 41.6 Å². The summed E-state index contributed by atoms with van der Waals surface area (Å²) in [5.74, 6) is 2.01. The molecule has 3 aromatic carbocycles. The normalized spacial score (nSPS) is 16.1. The van der Waals surface area contributed by atoms with Crippen molar-refractivity contribution in [1.29, 1.82) is 0 Å². The molecule has 0 aromatic heterocycles. The molecule has 0 unspecified atom stereocenters. The average molecular weight is 417 g/mol. The van der Waals surface area contributed by atoms with E-state index in [1.807, 2.05) is 71.6 Å². The fourth-order valence-electron chi connectivity index (χ4n) is 3.99. The molecular weight excluding hydrogens is 388 g/mol. The van der Waals surface area contributed by atoms with Gasteiger partial charge in [-0.05, 0) is 54.3 Å². The molecule has 1 saturated heterocycles. The van der Waals surface area contributed by atoms with Crippen LogP contribution < -0.4 is 10.1 Å². The van der Waals surface area contributed by atoms with Crippen molar-refractivity contribution in [1.82, 2.24) is 10.2 Å². The number of carbonyl (C=O) groups excluding carboxylic acids is 1. The molecule has 31 heavy (non-hydrogen) atoms. The summed E-state index contributed by atoms with van der Waals surface area (Å²) in [6.45, 7) is 2.30. The largest absolute Gasteiger partial charge is 0.508 e. The van der Waals surface area contributed by atoms with Crippen molar-refractivity contribution in [2.24, 2.45) is 0 Å². The standard InChI is InChI=1S/C26H28N2O3/c29-23-13-10-20(11-14-23)18-22-19-27-16-17-28(22)26(30)15-12-21-6-4-5-9-25(21)31-24-7-2-1-3-8-24/h1-11,13-14,22,27,29H,12,15-19H2/t22-/m1/s1. The molecule has 0 bridgehead atoms. The summed E-state index contributed by atoms with van der Waals surface area (Å²) in [7, 11) is 0. The summed E-state index contributed by atoms with van der Waals surface area (Å²) < 4.78 is 6.04. The predicted octanol–water partition coefficient (Wildman–Crippen LogP) is 4.16. The lowest BCUT2D eigenvalue weighted by Crippen LogP contribution is -2.54. The third kappa shape index (κ3) is 5.64. The number of nitrogens with zero attached hydrogens (tertiary/aromatic N) is 1. The molecule has 1 fully saturated rings. The Balaban J connectivity index is 1.40. The van der Waals surface area contributed by atoms with E-state index in [1.54, 1.807) is 12.1 Å². The van der Waals surface area contributed by atoms with Gasteiger partial charge >= 0.3 is 0 Å². The van der Waals surface area contributed by atoms with Gasteiger partial charge in [0.15, 0.2) is 0 Å². The number of phenols is 1. The number of benzene rings is 3.